The first kappa shape index (κ1) is 21.9. The maximum absolute atomic E-state index is 13.7. The molecule has 0 saturated carbocycles. The largest absolute Gasteiger partial charge is 0.273 e. The fourth-order valence-corrected chi connectivity index (χ4v) is 4.95. The molecule has 29 heavy (non-hydrogen) atoms. The maximum Gasteiger partial charge on any atom is 0.243 e. The number of amides is 1. The Bertz CT molecular complexity index is 1000. The smallest absolute Gasteiger partial charge is 0.243 e. The first-order valence-electron chi connectivity index (χ1n) is 8.81. The second-order valence-electron chi connectivity index (χ2n) is 6.50. The van der Waals surface area contributed by atoms with Gasteiger partial charge in [-0.15, -0.1) is 0 Å². The van der Waals surface area contributed by atoms with E-state index in [9.17, 15) is 17.6 Å². The average molecular weight is 503 g/mol. The third kappa shape index (κ3) is 5.22. The van der Waals surface area contributed by atoms with Crippen molar-refractivity contribution in [2.24, 2.45) is 11.0 Å². The summed E-state index contributed by atoms with van der Waals surface area (Å²) in [7, 11) is -3.60. The van der Waals surface area contributed by atoms with Crippen LogP contribution in [0.5, 0.6) is 0 Å². The number of rotatable bonds is 5. The SMILES string of the molecule is O=C(N/N=C\c1c(F)cccc1Cl)C1CCN(S(=O)(=O)c2ccc(Br)cc2)CC1. The van der Waals surface area contributed by atoms with Gasteiger partial charge < -0.3 is 0 Å². The van der Waals surface area contributed by atoms with E-state index in [-0.39, 0.29) is 40.4 Å². The van der Waals surface area contributed by atoms with Crippen LogP contribution in [-0.2, 0) is 14.8 Å². The molecule has 0 aromatic heterocycles. The summed E-state index contributed by atoms with van der Waals surface area (Å²) >= 11 is 9.19. The number of hydrogen-bond acceptors (Lipinski definition) is 4. The molecule has 1 amide bonds. The molecule has 0 aliphatic carbocycles. The zero-order chi connectivity index (χ0) is 21.0. The van der Waals surface area contributed by atoms with Crippen molar-refractivity contribution in [2.75, 3.05) is 13.1 Å². The normalized spacial score (nSPS) is 16.2. The van der Waals surface area contributed by atoms with Gasteiger partial charge in [-0.25, -0.2) is 18.2 Å². The van der Waals surface area contributed by atoms with Crippen molar-refractivity contribution in [3.05, 3.63) is 63.3 Å². The number of nitrogens with one attached hydrogen (secondary N) is 1. The van der Waals surface area contributed by atoms with Crippen molar-refractivity contribution in [3.8, 4) is 0 Å². The fraction of sp³-hybridized carbons (Fsp3) is 0.263. The van der Waals surface area contributed by atoms with Crippen molar-refractivity contribution >= 4 is 49.7 Å². The summed E-state index contributed by atoms with van der Waals surface area (Å²) in [6, 6.07) is 10.7. The Kier molecular flexibility index (Phi) is 7.05. The molecule has 0 bridgehead atoms. The van der Waals surface area contributed by atoms with E-state index in [4.69, 9.17) is 11.6 Å². The second kappa shape index (κ2) is 9.34. The number of halogens is 3. The molecule has 0 radical (unpaired) electrons. The molecule has 1 fully saturated rings. The van der Waals surface area contributed by atoms with Crippen LogP contribution in [0.3, 0.4) is 0 Å². The van der Waals surface area contributed by atoms with Gasteiger partial charge >= 0.3 is 0 Å². The van der Waals surface area contributed by atoms with Crippen LogP contribution in [0.15, 0.2) is 56.9 Å². The van der Waals surface area contributed by atoms with Gasteiger partial charge in [-0.1, -0.05) is 33.6 Å². The minimum absolute atomic E-state index is 0.0878. The molecule has 0 atom stereocenters. The number of benzene rings is 2. The summed E-state index contributed by atoms with van der Waals surface area (Å²) < 4.78 is 41.3. The zero-order valence-corrected chi connectivity index (χ0v) is 18.3. The van der Waals surface area contributed by atoms with Crippen LogP contribution in [0.4, 0.5) is 4.39 Å². The van der Waals surface area contributed by atoms with E-state index in [1.807, 2.05) is 0 Å². The van der Waals surface area contributed by atoms with Gasteiger partial charge in [-0.2, -0.15) is 9.41 Å². The lowest BCUT2D eigenvalue weighted by atomic mass is 9.98. The third-order valence-electron chi connectivity index (χ3n) is 4.64. The summed E-state index contributed by atoms with van der Waals surface area (Å²) in [6.45, 7) is 0.471. The Balaban J connectivity index is 1.57. The lowest BCUT2D eigenvalue weighted by Crippen LogP contribution is -2.42. The molecule has 6 nitrogen and oxygen atoms in total. The predicted octanol–water partition coefficient (Wildman–Crippen LogP) is 3.79. The number of carbonyl (C=O) groups is 1. The number of hydrogen-bond donors (Lipinski definition) is 1. The molecule has 154 valence electrons. The van der Waals surface area contributed by atoms with Gasteiger partial charge in [0.05, 0.1) is 16.1 Å². The maximum atomic E-state index is 13.7. The van der Waals surface area contributed by atoms with Crippen molar-refractivity contribution in [3.63, 3.8) is 0 Å². The van der Waals surface area contributed by atoms with Gasteiger partial charge in [-0.05, 0) is 49.2 Å². The van der Waals surface area contributed by atoms with Crippen molar-refractivity contribution in [2.45, 2.75) is 17.7 Å². The topological polar surface area (TPSA) is 78.8 Å². The minimum atomic E-state index is -3.60. The van der Waals surface area contributed by atoms with Crippen molar-refractivity contribution in [1.29, 1.82) is 0 Å². The quantitative estimate of drug-likeness (QED) is 0.499. The van der Waals surface area contributed by atoms with Crippen LogP contribution in [-0.4, -0.2) is 37.9 Å². The number of hydrazone groups is 1. The van der Waals surface area contributed by atoms with Gasteiger partial charge in [0.1, 0.15) is 5.82 Å². The summed E-state index contributed by atoms with van der Waals surface area (Å²) in [5, 5.41) is 3.97. The Labute approximate surface area is 181 Å². The Morgan fingerprint density at radius 1 is 1.21 bits per heavy atom. The van der Waals surface area contributed by atoms with E-state index < -0.39 is 15.8 Å². The summed E-state index contributed by atoms with van der Waals surface area (Å²) in [4.78, 5) is 12.5. The molecule has 2 aromatic carbocycles. The van der Waals surface area contributed by atoms with Gasteiger partial charge in [0, 0.05) is 29.0 Å². The van der Waals surface area contributed by atoms with Gasteiger partial charge in [0.2, 0.25) is 15.9 Å². The molecule has 1 saturated heterocycles. The molecule has 1 aliphatic rings. The highest BCUT2D eigenvalue weighted by atomic mass is 79.9. The molecule has 10 heteroatoms. The Hall–Kier alpha value is -1.81. The predicted molar refractivity (Wildman–Crippen MR) is 113 cm³/mol. The van der Waals surface area contributed by atoms with Crippen LogP contribution in [0, 0.1) is 11.7 Å². The number of sulfonamides is 1. The fourth-order valence-electron chi connectivity index (χ4n) is 3.00. The zero-order valence-electron chi connectivity index (χ0n) is 15.2. The molecule has 2 aromatic rings. The van der Waals surface area contributed by atoms with E-state index in [0.29, 0.717) is 12.8 Å². The molecule has 1 aliphatic heterocycles. The summed E-state index contributed by atoms with van der Waals surface area (Å²) in [5.74, 6) is -1.25. The standard InChI is InChI=1S/C19H18BrClFN3O3S/c20-14-4-6-15(7-5-14)29(27,28)25-10-8-13(9-11-25)19(26)24-23-12-16-17(21)2-1-3-18(16)22/h1-7,12-13H,8-11H2,(H,24,26)/b23-12-. The highest BCUT2D eigenvalue weighted by molar-refractivity contribution is 9.10. The van der Waals surface area contributed by atoms with Gasteiger partial charge in [0.25, 0.3) is 0 Å². The van der Waals surface area contributed by atoms with Crippen molar-refractivity contribution in [1.82, 2.24) is 9.73 Å². The molecule has 3 rings (SSSR count). The molecule has 0 spiro atoms. The van der Waals surface area contributed by atoms with E-state index in [0.717, 1.165) is 10.7 Å². The average Bonchev–Trinajstić information content (AvgIpc) is 2.70. The molecular formula is C19H18BrClFN3O3S. The minimum Gasteiger partial charge on any atom is -0.273 e. The van der Waals surface area contributed by atoms with Crippen LogP contribution in [0.25, 0.3) is 0 Å². The molecule has 1 N–H and O–H groups in total. The van der Waals surface area contributed by atoms with E-state index in [1.165, 1.54) is 22.5 Å². The number of nitrogens with zero attached hydrogens (tertiary/aromatic N) is 2. The van der Waals surface area contributed by atoms with Crippen molar-refractivity contribution < 1.29 is 17.6 Å². The first-order chi connectivity index (χ1) is 13.8. The van der Waals surface area contributed by atoms with Gasteiger partial charge in [-0.3, -0.25) is 4.79 Å². The highest BCUT2D eigenvalue weighted by Gasteiger charge is 2.32. The summed E-state index contributed by atoms with van der Waals surface area (Å²) in [6.07, 6.45) is 1.90. The van der Waals surface area contributed by atoms with Gasteiger partial charge in [0.15, 0.2) is 0 Å². The monoisotopic (exact) mass is 501 g/mol. The van der Waals surface area contributed by atoms with Crippen LogP contribution in [0.1, 0.15) is 18.4 Å². The lowest BCUT2D eigenvalue weighted by Gasteiger charge is -2.30. The van der Waals surface area contributed by atoms with Crippen LogP contribution >= 0.6 is 27.5 Å². The molecule has 0 unspecified atom stereocenters. The van der Waals surface area contributed by atoms with E-state index in [1.54, 1.807) is 24.3 Å². The Morgan fingerprint density at radius 2 is 1.86 bits per heavy atom. The van der Waals surface area contributed by atoms with E-state index >= 15 is 0 Å². The summed E-state index contributed by atoms with van der Waals surface area (Å²) in [5.41, 5.74) is 2.47. The second-order valence-corrected chi connectivity index (χ2v) is 9.76. The van der Waals surface area contributed by atoms with Crippen LogP contribution < -0.4 is 5.43 Å². The molecule has 1 heterocycles. The third-order valence-corrected chi connectivity index (χ3v) is 7.42. The lowest BCUT2D eigenvalue weighted by molar-refractivity contribution is -0.126. The Morgan fingerprint density at radius 3 is 2.48 bits per heavy atom. The highest BCUT2D eigenvalue weighted by Crippen LogP contribution is 2.25. The van der Waals surface area contributed by atoms with Crippen LogP contribution in [0.2, 0.25) is 5.02 Å². The first-order valence-corrected chi connectivity index (χ1v) is 11.4. The molecular weight excluding hydrogens is 485 g/mol. The number of carbonyl (C=O) groups excluding carboxylic acids is 1. The van der Waals surface area contributed by atoms with E-state index in [2.05, 4.69) is 26.5 Å². The number of piperidine rings is 1.